The highest BCUT2D eigenvalue weighted by Gasteiger charge is 2.39. The Balaban J connectivity index is 2.71. The van der Waals surface area contributed by atoms with Crippen LogP contribution in [0.1, 0.15) is 13.8 Å². The number of nitrogens with zero attached hydrogens (tertiary/aromatic N) is 4. The zero-order valence-electron chi connectivity index (χ0n) is 11.4. The Kier molecular flexibility index (Phi) is 4.47. The quantitative estimate of drug-likeness (QED) is 0.535. The molecule has 1 fully saturated rings. The van der Waals surface area contributed by atoms with Crippen molar-refractivity contribution in [1.29, 1.82) is 0 Å². The van der Waals surface area contributed by atoms with Crippen molar-refractivity contribution in [3.05, 3.63) is 0 Å². The molecule has 1 rings (SSSR count). The number of rotatable bonds is 4. The van der Waals surface area contributed by atoms with Crippen LogP contribution in [0.3, 0.4) is 0 Å². The SMILES string of the molecule is CN(C)/N=C/[C@@H]1OC(C)(C)O[C@H]1/C=N/N(C)C. The molecule has 98 valence electrons. The van der Waals surface area contributed by atoms with Crippen LogP contribution in [0.5, 0.6) is 0 Å². The molecule has 1 heterocycles. The van der Waals surface area contributed by atoms with E-state index in [0.717, 1.165) is 0 Å². The molecule has 17 heavy (non-hydrogen) atoms. The van der Waals surface area contributed by atoms with Crippen molar-refractivity contribution < 1.29 is 9.47 Å². The lowest BCUT2D eigenvalue weighted by Gasteiger charge is -2.15. The first-order valence-electron chi connectivity index (χ1n) is 5.58. The van der Waals surface area contributed by atoms with E-state index in [4.69, 9.17) is 9.47 Å². The van der Waals surface area contributed by atoms with Gasteiger partial charge in [-0.15, -0.1) is 0 Å². The predicted molar refractivity (Wildman–Crippen MR) is 68.2 cm³/mol. The minimum absolute atomic E-state index is 0.212. The van der Waals surface area contributed by atoms with E-state index in [2.05, 4.69) is 10.2 Å². The van der Waals surface area contributed by atoms with Crippen molar-refractivity contribution in [2.75, 3.05) is 28.2 Å². The molecular formula is C11H22N4O2. The number of hydrazone groups is 2. The van der Waals surface area contributed by atoms with Crippen LogP contribution in [-0.4, -0.2) is 68.6 Å². The fourth-order valence-electron chi connectivity index (χ4n) is 1.45. The zero-order chi connectivity index (χ0) is 13.1. The maximum absolute atomic E-state index is 5.74. The Morgan fingerprint density at radius 1 is 0.882 bits per heavy atom. The molecule has 0 aromatic rings. The van der Waals surface area contributed by atoms with E-state index in [1.807, 2.05) is 42.0 Å². The van der Waals surface area contributed by atoms with Gasteiger partial charge in [-0.3, -0.25) is 0 Å². The molecule has 0 spiro atoms. The fraction of sp³-hybridized carbons (Fsp3) is 0.818. The van der Waals surface area contributed by atoms with Crippen molar-refractivity contribution in [3.8, 4) is 0 Å². The van der Waals surface area contributed by atoms with Gasteiger partial charge in [0.2, 0.25) is 0 Å². The molecule has 6 nitrogen and oxygen atoms in total. The largest absolute Gasteiger partial charge is 0.338 e. The molecule has 0 unspecified atom stereocenters. The number of ether oxygens (including phenoxy) is 2. The van der Waals surface area contributed by atoms with E-state index in [1.54, 1.807) is 22.4 Å². The summed E-state index contributed by atoms with van der Waals surface area (Å²) in [4.78, 5) is 0. The third-order valence-corrected chi connectivity index (χ3v) is 2.05. The van der Waals surface area contributed by atoms with Gasteiger partial charge in [0.15, 0.2) is 5.79 Å². The van der Waals surface area contributed by atoms with Crippen molar-refractivity contribution in [3.63, 3.8) is 0 Å². The van der Waals surface area contributed by atoms with Crippen LogP contribution in [0.4, 0.5) is 0 Å². The van der Waals surface area contributed by atoms with Gasteiger partial charge in [0.1, 0.15) is 12.2 Å². The molecule has 1 aliphatic rings. The Morgan fingerprint density at radius 3 is 1.53 bits per heavy atom. The highest BCUT2D eigenvalue weighted by molar-refractivity contribution is 5.75. The summed E-state index contributed by atoms with van der Waals surface area (Å²) in [6.45, 7) is 3.76. The molecule has 0 saturated carbocycles. The van der Waals surface area contributed by atoms with E-state index < -0.39 is 5.79 Å². The van der Waals surface area contributed by atoms with Crippen molar-refractivity contribution in [2.24, 2.45) is 10.2 Å². The average molecular weight is 242 g/mol. The Bertz CT molecular complexity index is 272. The maximum Gasteiger partial charge on any atom is 0.164 e. The second-order valence-electron chi connectivity index (χ2n) is 4.79. The molecule has 0 bridgehead atoms. The molecule has 2 atom stereocenters. The minimum atomic E-state index is -0.605. The summed E-state index contributed by atoms with van der Waals surface area (Å²) >= 11 is 0. The van der Waals surface area contributed by atoms with Crippen molar-refractivity contribution >= 4 is 12.4 Å². The summed E-state index contributed by atoms with van der Waals surface area (Å²) in [6.07, 6.45) is 3.05. The van der Waals surface area contributed by atoms with Gasteiger partial charge in [-0.1, -0.05) is 0 Å². The summed E-state index contributed by atoms with van der Waals surface area (Å²) in [5.74, 6) is -0.605. The molecule has 0 aromatic heterocycles. The summed E-state index contributed by atoms with van der Waals surface area (Å²) < 4.78 is 11.5. The van der Waals surface area contributed by atoms with E-state index >= 15 is 0 Å². The second-order valence-corrected chi connectivity index (χ2v) is 4.79. The average Bonchev–Trinajstić information content (AvgIpc) is 2.47. The van der Waals surface area contributed by atoms with Gasteiger partial charge in [0, 0.05) is 28.2 Å². The monoisotopic (exact) mass is 242 g/mol. The van der Waals surface area contributed by atoms with Crippen LogP contribution in [0.2, 0.25) is 0 Å². The molecule has 1 aliphatic heterocycles. The molecule has 0 radical (unpaired) electrons. The Morgan fingerprint density at radius 2 is 1.24 bits per heavy atom. The first kappa shape index (κ1) is 13.9. The lowest BCUT2D eigenvalue weighted by atomic mass is 10.2. The maximum atomic E-state index is 5.74. The summed E-state index contributed by atoms with van der Waals surface area (Å²) in [5, 5.41) is 11.8. The van der Waals surface area contributed by atoms with Crippen molar-refractivity contribution in [1.82, 2.24) is 10.0 Å². The topological polar surface area (TPSA) is 49.7 Å². The van der Waals surface area contributed by atoms with E-state index in [9.17, 15) is 0 Å². The van der Waals surface area contributed by atoms with E-state index in [1.165, 1.54) is 0 Å². The van der Waals surface area contributed by atoms with E-state index in [0.29, 0.717) is 0 Å². The molecule has 6 heteroatoms. The minimum Gasteiger partial charge on any atom is -0.338 e. The first-order chi connectivity index (χ1) is 7.80. The van der Waals surface area contributed by atoms with Crippen LogP contribution in [-0.2, 0) is 9.47 Å². The van der Waals surface area contributed by atoms with Gasteiger partial charge in [-0.2, -0.15) is 10.2 Å². The fourth-order valence-corrected chi connectivity index (χ4v) is 1.45. The molecule has 0 amide bonds. The molecule has 0 N–H and O–H groups in total. The standard InChI is InChI=1S/C11H22N4O2/c1-11(2)16-9(7-12-14(3)4)10(17-11)8-13-15(5)6/h7-10H,1-6H3/b12-7+,13-8+/t9-,10-/m0/s1. The highest BCUT2D eigenvalue weighted by Crippen LogP contribution is 2.26. The van der Waals surface area contributed by atoms with Gasteiger partial charge < -0.3 is 19.5 Å². The molecular weight excluding hydrogens is 220 g/mol. The van der Waals surface area contributed by atoms with Gasteiger partial charge >= 0.3 is 0 Å². The number of hydrogen-bond donors (Lipinski definition) is 0. The lowest BCUT2D eigenvalue weighted by molar-refractivity contribution is -0.135. The number of hydrogen-bond acceptors (Lipinski definition) is 6. The van der Waals surface area contributed by atoms with Crippen LogP contribution in [0, 0.1) is 0 Å². The van der Waals surface area contributed by atoms with Crippen molar-refractivity contribution in [2.45, 2.75) is 31.8 Å². The third kappa shape index (κ3) is 4.70. The third-order valence-electron chi connectivity index (χ3n) is 2.05. The van der Waals surface area contributed by atoms with Crippen LogP contribution >= 0.6 is 0 Å². The van der Waals surface area contributed by atoms with Crippen LogP contribution in [0.25, 0.3) is 0 Å². The highest BCUT2D eigenvalue weighted by atomic mass is 16.7. The predicted octanol–water partition coefficient (Wildman–Crippen LogP) is 0.601. The van der Waals surface area contributed by atoms with Crippen LogP contribution in [0.15, 0.2) is 10.2 Å². The smallest absolute Gasteiger partial charge is 0.164 e. The second kappa shape index (κ2) is 5.46. The van der Waals surface area contributed by atoms with Gasteiger partial charge in [0.05, 0.1) is 12.4 Å². The molecule has 0 aromatic carbocycles. The lowest BCUT2D eigenvalue weighted by Crippen LogP contribution is -2.27. The Labute approximate surface area is 103 Å². The Hall–Kier alpha value is -1.14. The summed E-state index contributed by atoms with van der Waals surface area (Å²) in [6, 6.07) is 0. The normalized spacial score (nSPS) is 28.1. The summed E-state index contributed by atoms with van der Waals surface area (Å²) in [5.41, 5.74) is 0. The first-order valence-corrected chi connectivity index (χ1v) is 5.58. The molecule has 0 aliphatic carbocycles. The van der Waals surface area contributed by atoms with Gasteiger partial charge in [0.25, 0.3) is 0 Å². The molecule has 1 saturated heterocycles. The van der Waals surface area contributed by atoms with E-state index in [-0.39, 0.29) is 12.2 Å². The van der Waals surface area contributed by atoms with Crippen LogP contribution < -0.4 is 0 Å². The summed E-state index contributed by atoms with van der Waals surface area (Å²) in [7, 11) is 7.45. The van der Waals surface area contributed by atoms with Gasteiger partial charge in [-0.25, -0.2) is 0 Å². The zero-order valence-corrected chi connectivity index (χ0v) is 11.4. The van der Waals surface area contributed by atoms with Gasteiger partial charge in [-0.05, 0) is 13.8 Å².